The van der Waals surface area contributed by atoms with E-state index in [1.807, 2.05) is 0 Å². The molecule has 0 spiro atoms. The van der Waals surface area contributed by atoms with Crippen LogP contribution in [0.5, 0.6) is 0 Å². The van der Waals surface area contributed by atoms with Crippen molar-refractivity contribution in [3.63, 3.8) is 0 Å². The molecule has 2 aliphatic heterocycles. The fraction of sp³-hybridized carbons (Fsp3) is 0.333. The highest BCUT2D eigenvalue weighted by Crippen LogP contribution is 2.14. The van der Waals surface area contributed by atoms with Gasteiger partial charge >= 0.3 is 12.0 Å². The van der Waals surface area contributed by atoms with E-state index < -0.39 is 0 Å². The van der Waals surface area contributed by atoms with Crippen LogP contribution in [0.4, 0.5) is 4.79 Å². The molecule has 0 aromatic rings. The third-order valence-electron chi connectivity index (χ3n) is 1.65. The van der Waals surface area contributed by atoms with E-state index >= 15 is 0 Å². The van der Waals surface area contributed by atoms with Crippen molar-refractivity contribution in [1.29, 1.82) is 0 Å². The summed E-state index contributed by atoms with van der Waals surface area (Å²) >= 11 is 0. The van der Waals surface area contributed by atoms with Crippen LogP contribution in [-0.4, -0.2) is 25.2 Å². The van der Waals surface area contributed by atoms with Gasteiger partial charge in [0.1, 0.15) is 6.61 Å². The Bertz CT molecular complexity index is 269. The Kier molecular flexibility index (Phi) is 1.12. The minimum atomic E-state index is -0.340. The second-order valence-corrected chi connectivity index (χ2v) is 2.34. The van der Waals surface area contributed by atoms with E-state index in [9.17, 15) is 9.59 Å². The molecule has 0 aromatic carbocycles. The lowest BCUT2D eigenvalue weighted by Crippen LogP contribution is -2.41. The first-order chi connectivity index (χ1) is 5.27. The molecule has 0 atom stereocenters. The number of ether oxygens (including phenoxy) is 1. The van der Waals surface area contributed by atoms with Crippen LogP contribution in [0.2, 0.25) is 0 Å². The molecular weight excluding hydrogens is 148 g/mol. The standard InChI is InChI=1S/C6H6N2O3/c9-5-3-1-7-6(10)8-4(3)2-11-5/h1-2H2,(H2,7,8,10). The van der Waals surface area contributed by atoms with Crippen molar-refractivity contribution in [3.8, 4) is 0 Å². The van der Waals surface area contributed by atoms with Gasteiger partial charge in [-0.05, 0) is 0 Å². The largest absolute Gasteiger partial charge is 0.456 e. The van der Waals surface area contributed by atoms with E-state index in [0.717, 1.165) is 0 Å². The van der Waals surface area contributed by atoms with Gasteiger partial charge in [0.05, 0.1) is 17.8 Å². The van der Waals surface area contributed by atoms with Crippen molar-refractivity contribution in [2.24, 2.45) is 0 Å². The molecule has 0 saturated heterocycles. The van der Waals surface area contributed by atoms with Gasteiger partial charge in [0.2, 0.25) is 0 Å². The van der Waals surface area contributed by atoms with Crippen LogP contribution < -0.4 is 10.6 Å². The minimum Gasteiger partial charge on any atom is -0.456 e. The molecule has 2 rings (SSSR count). The molecule has 2 amide bonds. The van der Waals surface area contributed by atoms with E-state index in [1.165, 1.54) is 0 Å². The van der Waals surface area contributed by atoms with Gasteiger partial charge in [-0.3, -0.25) is 0 Å². The monoisotopic (exact) mass is 154 g/mol. The molecule has 58 valence electrons. The maximum atomic E-state index is 10.8. The normalized spacial score (nSPS) is 22.2. The SMILES string of the molecule is O=C1NCC2=C(COC2=O)N1. The van der Waals surface area contributed by atoms with Crippen molar-refractivity contribution in [3.05, 3.63) is 11.3 Å². The van der Waals surface area contributed by atoms with E-state index in [4.69, 9.17) is 0 Å². The Morgan fingerprint density at radius 1 is 1.36 bits per heavy atom. The number of hydrogen-bond acceptors (Lipinski definition) is 3. The van der Waals surface area contributed by atoms with Crippen molar-refractivity contribution in [2.45, 2.75) is 0 Å². The summed E-state index contributed by atoms with van der Waals surface area (Å²) in [5.74, 6) is -0.340. The fourth-order valence-corrected chi connectivity index (χ4v) is 1.08. The summed E-state index contributed by atoms with van der Waals surface area (Å²) in [6.07, 6.45) is 0. The van der Waals surface area contributed by atoms with Gasteiger partial charge in [-0.2, -0.15) is 0 Å². The smallest absolute Gasteiger partial charge is 0.338 e. The Hall–Kier alpha value is -1.52. The van der Waals surface area contributed by atoms with Gasteiger partial charge in [-0.15, -0.1) is 0 Å². The first kappa shape index (κ1) is 6.21. The predicted octanol–water partition coefficient (Wildman–Crippen LogP) is -0.890. The maximum Gasteiger partial charge on any atom is 0.338 e. The maximum absolute atomic E-state index is 10.8. The number of carbonyl (C=O) groups excluding carboxylic acids is 2. The quantitative estimate of drug-likeness (QED) is 0.445. The molecule has 5 nitrogen and oxygen atoms in total. The van der Waals surface area contributed by atoms with E-state index in [2.05, 4.69) is 15.4 Å². The number of amides is 2. The lowest BCUT2D eigenvalue weighted by Gasteiger charge is -2.12. The lowest BCUT2D eigenvalue weighted by atomic mass is 10.2. The number of carbonyl (C=O) groups is 2. The van der Waals surface area contributed by atoms with Crippen LogP contribution in [0.15, 0.2) is 11.3 Å². The molecule has 0 aromatic heterocycles. The second kappa shape index (κ2) is 1.98. The summed E-state index contributed by atoms with van der Waals surface area (Å²) < 4.78 is 4.68. The first-order valence-corrected chi connectivity index (χ1v) is 3.21. The van der Waals surface area contributed by atoms with Gasteiger partial charge in [0, 0.05) is 0 Å². The Balaban J connectivity index is 2.30. The summed E-state index contributed by atoms with van der Waals surface area (Å²) in [6.45, 7) is 0.474. The summed E-state index contributed by atoms with van der Waals surface area (Å²) in [6, 6.07) is -0.276. The van der Waals surface area contributed by atoms with Gasteiger partial charge in [-0.1, -0.05) is 0 Å². The molecule has 0 radical (unpaired) electrons. The third-order valence-corrected chi connectivity index (χ3v) is 1.65. The average molecular weight is 154 g/mol. The zero-order chi connectivity index (χ0) is 7.84. The molecule has 5 heteroatoms. The number of hydrogen-bond donors (Lipinski definition) is 2. The molecule has 0 unspecified atom stereocenters. The van der Waals surface area contributed by atoms with Crippen molar-refractivity contribution < 1.29 is 14.3 Å². The van der Waals surface area contributed by atoms with Crippen LogP contribution in [0, 0.1) is 0 Å². The Labute approximate surface area is 62.4 Å². The van der Waals surface area contributed by atoms with Gasteiger partial charge in [0.25, 0.3) is 0 Å². The molecule has 2 heterocycles. The zero-order valence-electron chi connectivity index (χ0n) is 5.64. The molecule has 0 fully saturated rings. The summed E-state index contributed by atoms with van der Waals surface area (Å²) in [5, 5.41) is 4.97. The van der Waals surface area contributed by atoms with Gasteiger partial charge in [-0.25, -0.2) is 9.59 Å². The molecule has 11 heavy (non-hydrogen) atoms. The van der Waals surface area contributed by atoms with Crippen LogP contribution in [-0.2, 0) is 9.53 Å². The molecule has 2 N–H and O–H groups in total. The zero-order valence-corrected chi connectivity index (χ0v) is 5.64. The minimum absolute atomic E-state index is 0.196. The van der Waals surface area contributed by atoms with E-state index in [-0.39, 0.29) is 25.2 Å². The lowest BCUT2D eigenvalue weighted by molar-refractivity contribution is -0.136. The summed E-state index contributed by atoms with van der Waals surface area (Å²) in [4.78, 5) is 21.5. The molecule has 2 aliphatic rings. The molecule has 0 bridgehead atoms. The topological polar surface area (TPSA) is 67.4 Å². The van der Waals surface area contributed by atoms with Gasteiger partial charge < -0.3 is 15.4 Å². The molecule has 0 aliphatic carbocycles. The fourth-order valence-electron chi connectivity index (χ4n) is 1.08. The number of esters is 1. The number of rotatable bonds is 0. The van der Waals surface area contributed by atoms with Crippen LogP contribution in [0.25, 0.3) is 0 Å². The van der Waals surface area contributed by atoms with Crippen LogP contribution in [0.1, 0.15) is 0 Å². The predicted molar refractivity (Wildman–Crippen MR) is 34.5 cm³/mol. The number of nitrogens with one attached hydrogen (secondary N) is 2. The van der Waals surface area contributed by atoms with Crippen molar-refractivity contribution in [2.75, 3.05) is 13.2 Å². The number of urea groups is 1. The Morgan fingerprint density at radius 3 is 3.00 bits per heavy atom. The number of cyclic esters (lactones) is 1. The summed E-state index contributed by atoms with van der Waals surface area (Å²) in [7, 11) is 0. The first-order valence-electron chi connectivity index (χ1n) is 3.21. The second-order valence-electron chi connectivity index (χ2n) is 2.34. The van der Waals surface area contributed by atoms with Crippen molar-refractivity contribution in [1.82, 2.24) is 10.6 Å². The van der Waals surface area contributed by atoms with Crippen LogP contribution >= 0.6 is 0 Å². The van der Waals surface area contributed by atoms with E-state index in [1.54, 1.807) is 0 Å². The molecular formula is C6H6N2O3. The Morgan fingerprint density at radius 2 is 2.18 bits per heavy atom. The highest BCUT2D eigenvalue weighted by atomic mass is 16.5. The average Bonchev–Trinajstić information content (AvgIpc) is 2.32. The van der Waals surface area contributed by atoms with E-state index in [0.29, 0.717) is 11.3 Å². The summed E-state index contributed by atoms with van der Waals surface area (Å²) in [5.41, 5.74) is 1.13. The molecule has 0 saturated carbocycles. The third kappa shape index (κ3) is 0.849. The van der Waals surface area contributed by atoms with Crippen molar-refractivity contribution >= 4 is 12.0 Å². The highest BCUT2D eigenvalue weighted by molar-refractivity contribution is 5.95. The van der Waals surface area contributed by atoms with Crippen LogP contribution in [0.3, 0.4) is 0 Å². The van der Waals surface area contributed by atoms with Gasteiger partial charge in [0.15, 0.2) is 0 Å². The highest BCUT2D eigenvalue weighted by Gasteiger charge is 2.29.